The molecule has 1 fully saturated rings. The van der Waals surface area contributed by atoms with E-state index in [1.165, 1.54) is 10.7 Å². The van der Waals surface area contributed by atoms with Gasteiger partial charge in [-0.3, -0.25) is 9.69 Å². The number of likely N-dealkylation sites (tertiary alicyclic amines) is 1. The van der Waals surface area contributed by atoms with Crippen molar-refractivity contribution in [2.75, 3.05) is 31.6 Å². The lowest BCUT2D eigenvalue weighted by molar-refractivity contribution is -0.141. The average Bonchev–Trinajstić information content (AvgIpc) is 2.76. The van der Waals surface area contributed by atoms with Crippen LogP contribution >= 0.6 is 0 Å². The fourth-order valence-corrected chi connectivity index (χ4v) is 4.02. The van der Waals surface area contributed by atoms with Gasteiger partial charge in [-0.1, -0.05) is 6.42 Å². The van der Waals surface area contributed by atoms with Gasteiger partial charge in [0.2, 0.25) is 0 Å². The monoisotopic (exact) mass is 438 g/mol. The fourth-order valence-electron chi connectivity index (χ4n) is 4.02. The quantitative estimate of drug-likeness (QED) is 0.739. The van der Waals surface area contributed by atoms with Gasteiger partial charge in [-0.05, 0) is 31.5 Å². The second-order valence-corrected chi connectivity index (χ2v) is 7.85. The summed E-state index contributed by atoms with van der Waals surface area (Å²) < 4.78 is 44.8. The number of piperidine rings is 1. The minimum Gasteiger partial charge on any atom is -0.376 e. The number of anilines is 1. The molecule has 0 saturated carbocycles. The third-order valence-electron chi connectivity index (χ3n) is 5.73. The second kappa shape index (κ2) is 9.31. The molecule has 4 heterocycles. The normalized spacial score (nSPS) is 19.8. The van der Waals surface area contributed by atoms with Gasteiger partial charge in [0, 0.05) is 37.2 Å². The largest absolute Gasteiger partial charge is 0.435 e. The number of halogens is 3. The van der Waals surface area contributed by atoms with Crippen LogP contribution in [0, 0.1) is 0 Å². The Morgan fingerprint density at radius 2 is 2.06 bits per heavy atom. The summed E-state index contributed by atoms with van der Waals surface area (Å²) in [7, 11) is 0. The summed E-state index contributed by atoms with van der Waals surface area (Å²) in [6.07, 6.45) is -0.675. The summed E-state index contributed by atoms with van der Waals surface area (Å²) in [5.41, 5.74) is 0.650. The molecule has 168 valence electrons. The van der Waals surface area contributed by atoms with Crippen LogP contribution in [0.1, 0.15) is 36.2 Å². The standard InChI is InChI=1S/C20H25F3N6O2/c21-20(22,23)17-4-5-18(26-25-17)24-12-15-3-1-2-7-28(15)8-9-29-19(30)11-14-13-31-10-6-16(14)27-29/h4-5,11,15H,1-3,6-10,12-13H2,(H,24,26). The van der Waals surface area contributed by atoms with Gasteiger partial charge in [-0.15, -0.1) is 10.2 Å². The molecule has 2 aromatic heterocycles. The van der Waals surface area contributed by atoms with E-state index in [-0.39, 0.29) is 11.6 Å². The van der Waals surface area contributed by atoms with Crippen molar-refractivity contribution in [3.8, 4) is 0 Å². The first-order valence-electron chi connectivity index (χ1n) is 10.5. The molecule has 0 radical (unpaired) electrons. The van der Waals surface area contributed by atoms with E-state index >= 15 is 0 Å². The fraction of sp³-hybridized carbons (Fsp3) is 0.600. The molecule has 1 saturated heterocycles. The number of ether oxygens (including phenoxy) is 1. The van der Waals surface area contributed by atoms with Gasteiger partial charge in [0.25, 0.3) is 5.56 Å². The molecule has 2 aliphatic rings. The maximum absolute atomic E-state index is 12.6. The van der Waals surface area contributed by atoms with Crippen molar-refractivity contribution in [2.45, 2.75) is 51.1 Å². The smallest absolute Gasteiger partial charge is 0.376 e. The van der Waals surface area contributed by atoms with Gasteiger partial charge >= 0.3 is 6.18 Å². The highest BCUT2D eigenvalue weighted by molar-refractivity contribution is 5.33. The van der Waals surface area contributed by atoms with Crippen LogP contribution < -0.4 is 10.9 Å². The van der Waals surface area contributed by atoms with Crippen LogP contribution in [0.3, 0.4) is 0 Å². The van der Waals surface area contributed by atoms with Crippen LogP contribution in [-0.4, -0.2) is 57.2 Å². The number of hydrogen-bond donors (Lipinski definition) is 1. The van der Waals surface area contributed by atoms with Crippen LogP contribution in [0.25, 0.3) is 0 Å². The van der Waals surface area contributed by atoms with Crippen LogP contribution in [0.4, 0.5) is 19.0 Å². The highest BCUT2D eigenvalue weighted by Crippen LogP contribution is 2.27. The molecule has 0 bridgehead atoms. The first-order chi connectivity index (χ1) is 14.9. The number of hydrogen-bond acceptors (Lipinski definition) is 7. The predicted molar refractivity (Wildman–Crippen MR) is 107 cm³/mol. The van der Waals surface area contributed by atoms with Crippen molar-refractivity contribution >= 4 is 5.82 Å². The van der Waals surface area contributed by atoms with Crippen molar-refractivity contribution < 1.29 is 17.9 Å². The van der Waals surface area contributed by atoms with E-state index in [2.05, 4.69) is 25.5 Å². The molecular weight excluding hydrogens is 413 g/mol. The Balaban J connectivity index is 1.35. The summed E-state index contributed by atoms with van der Waals surface area (Å²) in [4.78, 5) is 14.7. The zero-order valence-corrected chi connectivity index (χ0v) is 17.1. The van der Waals surface area contributed by atoms with E-state index < -0.39 is 11.9 Å². The van der Waals surface area contributed by atoms with E-state index in [1.807, 2.05) is 0 Å². The highest BCUT2D eigenvalue weighted by atomic mass is 19.4. The third-order valence-corrected chi connectivity index (χ3v) is 5.73. The lowest BCUT2D eigenvalue weighted by Gasteiger charge is -2.36. The summed E-state index contributed by atoms with van der Waals surface area (Å²) in [6, 6.07) is 4.02. The molecular formula is C20H25F3N6O2. The summed E-state index contributed by atoms with van der Waals surface area (Å²) in [6.45, 7) is 3.66. The zero-order chi connectivity index (χ0) is 21.8. The maximum Gasteiger partial charge on any atom is 0.435 e. The summed E-state index contributed by atoms with van der Waals surface area (Å²) >= 11 is 0. The molecule has 0 amide bonds. The number of alkyl halides is 3. The number of rotatable bonds is 6. The van der Waals surface area contributed by atoms with Crippen LogP contribution in [0.15, 0.2) is 23.0 Å². The number of fused-ring (bicyclic) bond motifs is 1. The van der Waals surface area contributed by atoms with Crippen LogP contribution in [0.2, 0.25) is 0 Å². The summed E-state index contributed by atoms with van der Waals surface area (Å²) in [5.74, 6) is 0.313. The Kier molecular flexibility index (Phi) is 6.51. The molecule has 2 aliphatic heterocycles. The Hall–Kier alpha value is -2.53. The Morgan fingerprint density at radius 1 is 1.19 bits per heavy atom. The van der Waals surface area contributed by atoms with Gasteiger partial charge in [-0.25, -0.2) is 4.68 Å². The Morgan fingerprint density at radius 3 is 2.84 bits per heavy atom. The van der Waals surface area contributed by atoms with Crippen molar-refractivity contribution in [3.05, 3.63) is 45.5 Å². The van der Waals surface area contributed by atoms with Gasteiger partial charge in [0.05, 0.1) is 25.5 Å². The van der Waals surface area contributed by atoms with Gasteiger partial charge < -0.3 is 10.1 Å². The molecule has 1 unspecified atom stereocenters. The topological polar surface area (TPSA) is 85.2 Å². The van der Waals surface area contributed by atoms with Crippen molar-refractivity contribution in [3.63, 3.8) is 0 Å². The Bertz CT molecular complexity index is 947. The van der Waals surface area contributed by atoms with Crippen LogP contribution in [0.5, 0.6) is 0 Å². The lowest BCUT2D eigenvalue weighted by atomic mass is 10.0. The highest BCUT2D eigenvalue weighted by Gasteiger charge is 2.33. The third kappa shape index (κ3) is 5.40. The molecule has 0 aromatic carbocycles. The average molecular weight is 438 g/mol. The van der Waals surface area contributed by atoms with E-state index in [1.54, 1.807) is 6.07 Å². The van der Waals surface area contributed by atoms with E-state index in [0.29, 0.717) is 45.1 Å². The SMILES string of the molecule is O=c1cc2c(nn1CCN1CCCCC1CNc1ccc(C(F)(F)F)nn1)CCOC2. The van der Waals surface area contributed by atoms with E-state index in [9.17, 15) is 18.0 Å². The molecule has 31 heavy (non-hydrogen) atoms. The second-order valence-electron chi connectivity index (χ2n) is 7.85. The van der Waals surface area contributed by atoms with E-state index in [4.69, 9.17) is 4.74 Å². The van der Waals surface area contributed by atoms with Crippen molar-refractivity contribution in [1.29, 1.82) is 0 Å². The van der Waals surface area contributed by atoms with Crippen LogP contribution in [-0.2, 0) is 30.5 Å². The van der Waals surface area contributed by atoms with Gasteiger partial charge in [-0.2, -0.15) is 18.3 Å². The molecule has 2 aromatic rings. The maximum atomic E-state index is 12.6. The number of nitrogens with zero attached hydrogens (tertiary/aromatic N) is 5. The minimum atomic E-state index is -4.50. The van der Waals surface area contributed by atoms with Crippen molar-refractivity contribution in [1.82, 2.24) is 24.9 Å². The molecule has 8 nitrogen and oxygen atoms in total. The number of aromatic nitrogens is 4. The summed E-state index contributed by atoms with van der Waals surface area (Å²) in [5, 5.41) is 14.5. The minimum absolute atomic E-state index is 0.129. The molecule has 4 rings (SSSR count). The molecule has 11 heteroatoms. The molecule has 0 aliphatic carbocycles. The van der Waals surface area contributed by atoms with E-state index in [0.717, 1.165) is 43.1 Å². The van der Waals surface area contributed by atoms with Crippen molar-refractivity contribution in [2.24, 2.45) is 0 Å². The zero-order valence-electron chi connectivity index (χ0n) is 17.1. The molecule has 1 atom stereocenters. The first kappa shape index (κ1) is 21.7. The predicted octanol–water partition coefficient (Wildman–Crippen LogP) is 2.09. The van der Waals surface area contributed by atoms with Gasteiger partial charge in [0.15, 0.2) is 5.69 Å². The molecule has 1 N–H and O–H groups in total. The molecule has 0 spiro atoms. The van der Waals surface area contributed by atoms with Gasteiger partial charge in [0.1, 0.15) is 5.82 Å². The Labute approximate surface area is 177 Å². The lowest BCUT2D eigenvalue weighted by Crippen LogP contribution is -2.46. The number of nitrogens with one attached hydrogen (secondary N) is 1. The first-order valence-corrected chi connectivity index (χ1v) is 10.5.